The zero-order chi connectivity index (χ0) is 22.2. The van der Waals surface area contributed by atoms with Crippen molar-refractivity contribution in [1.29, 1.82) is 0 Å². The fraction of sp³-hybridized carbons (Fsp3) is 0.357. The number of halogens is 1. The van der Waals surface area contributed by atoms with Crippen molar-refractivity contribution in [2.45, 2.75) is 38.4 Å². The lowest BCUT2D eigenvalue weighted by atomic mass is 10.0. The summed E-state index contributed by atoms with van der Waals surface area (Å²) >= 11 is 3.61. The zero-order valence-electron chi connectivity index (χ0n) is 18.9. The number of piperidine rings is 1. The smallest absolute Gasteiger partial charge is 0.123 e. The first-order valence-corrected chi connectivity index (χ1v) is 12.4. The third-order valence-corrected chi connectivity index (χ3v) is 6.96. The molecule has 32 heavy (non-hydrogen) atoms. The van der Waals surface area contributed by atoms with Crippen LogP contribution < -0.4 is 4.74 Å². The molecule has 4 rings (SSSR count). The first-order chi connectivity index (χ1) is 15.7. The van der Waals surface area contributed by atoms with Gasteiger partial charge in [-0.2, -0.15) is 0 Å². The molecule has 0 atom stereocenters. The second-order valence-electron chi connectivity index (χ2n) is 8.66. The number of ether oxygens (including phenoxy) is 1. The lowest BCUT2D eigenvalue weighted by Gasteiger charge is -2.39. The molecule has 0 bridgehead atoms. The number of benzene rings is 3. The van der Waals surface area contributed by atoms with Crippen molar-refractivity contribution in [3.8, 4) is 5.75 Å². The van der Waals surface area contributed by atoms with Gasteiger partial charge < -0.3 is 4.74 Å². The molecule has 1 saturated heterocycles. The summed E-state index contributed by atoms with van der Waals surface area (Å²) in [7, 11) is 1.76. The van der Waals surface area contributed by atoms with E-state index in [4.69, 9.17) is 4.74 Å². The molecule has 0 unspecified atom stereocenters. The third-order valence-electron chi connectivity index (χ3n) is 6.47. The summed E-state index contributed by atoms with van der Waals surface area (Å²) in [6.07, 6.45) is 3.51. The third kappa shape index (κ3) is 6.44. The standard InChI is InChI=1S/C28H33BrN2O/c1-32-28-13-12-26(29)20-25(28)22-30-17-15-27(16-18-30)31(21-24-10-6-3-7-11-24)19-14-23-8-4-2-5-9-23/h2-13,20,27H,14-19,21-22H2,1H3. The molecule has 168 valence electrons. The van der Waals surface area contributed by atoms with Crippen LogP contribution in [0, 0.1) is 0 Å². The van der Waals surface area contributed by atoms with Gasteiger partial charge in [0.25, 0.3) is 0 Å². The molecule has 0 spiro atoms. The number of rotatable bonds is 9. The van der Waals surface area contributed by atoms with E-state index >= 15 is 0 Å². The molecule has 3 aromatic rings. The van der Waals surface area contributed by atoms with Crippen LogP contribution in [-0.2, 0) is 19.5 Å². The average Bonchev–Trinajstić information content (AvgIpc) is 2.84. The summed E-state index contributed by atoms with van der Waals surface area (Å²) in [5.41, 5.74) is 4.08. The maximum Gasteiger partial charge on any atom is 0.123 e. The van der Waals surface area contributed by atoms with Gasteiger partial charge in [-0.3, -0.25) is 9.80 Å². The van der Waals surface area contributed by atoms with Crippen molar-refractivity contribution in [3.63, 3.8) is 0 Å². The molecule has 0 amide bonds. The van der Waals surface area contributed by atoms with E-state index in [1.807, 2.05) is 6.07 Å². The van der Waals surface area contributed by atoms with E-state index in [1.165, 1.54) is 29.5 Å². The number of methoxy groups -OCH3 is 1. The molecule has 3 nitrogen and oxygen atoms in total. The number of hydrogen-bond acceptors (Lipinski definition) is 3. The Bertz CT molecular complexity index is 956. The maximum absolute atomic E-state index is 5.59. The highest BCUT2D eigenvalue weighted by Crippen LogP contribution is 2.27. The molecule has 0 N–H and O–H groups in total. The van der Waals surface area contributed by atoms with Gasteiger partial charge in [0.2, 0.25) is 0 Å². The van der Waals surface area contributed by atoms with E-state index in [2.05, 4.69) is 98.5 Å². The molecule has 0 saturated carbocycles. The van der Waals surface area contributed by atoms with Crippen LogP contribution in [0.4, 0.5) is 0 Å². The SMILES string of the molecule is COc1ccc(Br)cc1CN1CCC(N(CCc2ccccc2)Cc2ccccc2)CC1. The fourth-order valence-corrected chi connectivity index (χ4v) is 5.09. The van der Waals surface area contributed by atoms with Gasteiger partial charge in [-0.25, -0.2) is 0 Å². The lowest BCUT2D eigenvalue weighted by molar-refractivity contribution is 0.0993. The number of nitrogens with zero attached hydrogens (tertiary/aromatic N) is 2. The molecule has 0 radical (unpaired) electrons. The summed E-state index contributed by atoms with van der Waals surface area (Å²) in [6.45, 7) is 5.31. The van der Waals surface area contributed by atoms with E-state index in [9.17, 15) is 0 Å². The minimum Gasteiger partial charge on any atom is -0.496 e. The van der Waals surface area contributed by atoms with Crippen molar-refractivity contribution < 1.29 is 4.74 Å². The minimum absolute atomic E-state index is 0.625. The van der Waals surface area contributed by atoms with Gasteiger partial charge in [-0.15, -0.1) is 0 Å². The van der Waals surface area contributed by atoms with Gasteiger partial charge in [-0.1, -0.05) is 76.6 Å². The van der Waals surface area contributed by atoms with E-state index in [1.54, 1.807) is 7.11 Å². The Morgan fingerprint density at radius 1 is 0.906 bits per heavy atom. The Kier molecular flexibility index (Phi) is 8.38. The number of likely N-dealkylation sites (tertiary alicyclic amines) is 1. The van der Waals surface area contributed by atoms with Crippen molar-refractivity contribution in [2.24, 2.45) is 0 Å². The number of hydrogen-bond donors (Lipinski definition) is 0. The minimum atomic E-state index is 0.625. The highest BCUT2D eigenvalue weighted by Gasteiger charge is 2.25. The second kappa shape index (κ2) is 11.6. The monoisotopic (exact) mass is 492 g/mol. The van der Waals surface area contributed by atoms with Crippen LogP contribution >= 0.6 is 15.9 Å². The highest BCUT2D eigenvalue weighted by atomic mass is 79.9. The van der Waals surface area contributed by atoms with Crippen LogP contribution in [0.5, 0.6) is 5.75 Å². The first-order valence-electron chi connectivity index (χ1n) is 11.6. The van der Waals surface area contributed by atoms with Gasteiger partial charge >= 0.3 is 0 Å². The Hall–Kier alpha value is -2.14. The molecule has 1 aliphatic rings. The summed E-state index contributed by atoms with van der Waals surface area (Å²) in [5, 5.41) is 0. The van der Waals surface area contributed by atoms with Gasteiger partial charge in [0.05, 0.1) is 7.11 Å². The summed E-state index contributed by atoms with van der Waals surface area (Å²) < 4.78 is 6.70. The average molecular weight is 493 g/mol. The molecule has 1 fully saturated rings. The highest BCUT2D eigenvalue weighted by molar-refractivity contribution is 9.10. The van der Waals surface area contributed by atoms with Crippen LogP contribution in [0.3, 0.4) is 0 Å². The van der Waals surface area contributed by atoms with Crippen LogP contribution in [0.15, 0.2) is 83.3 Å². The molecule has 1 aliphatic heterocycles. The topological polar surface area (TPSA) is 15.7 Å². The van der Waals surface area contributed by atoms with E-state index in [-0.39, 0.29) is 0 Å². The Balaban J connectivity index is 1.38. The summed E-state index contributed by atoms with van der Waals surface area (Å²) in [5.74, 6) is 0.976. The molecular formula is C28H33BrN2O. The van der Waals surface area contributed by atoms with Crippen LogP contribution in [-0.4, -0.2) is 42.6 Å². The van der Waals surface area contributed by atoms with Crippen molar-refractivity contribution in [2.75, 3.05) is 26.7 Å². The zero-order valence-corrected chi connectivity index (χ0v) is 20.5. The normalized spacial score (nSPS) is 15.2. The first kappa shape index (κ1) is 23.0. The van der Waals surface area contributed by atoms with Crippen molar-refractivity contribution in [1.82, 2.24) is 9.80 Å². The molecule has 1 heterocycles. The Morgan fingerprint density at radius 3 is 2.22 bits per heavy atom. The molecule has 3 aromatic carbocycles. The predicted molar refractivity (Wildman–Crippen MR) is 136 cm³/mol. The lowest BCUT2D eigenvalue weighted by Crippen LogP contribution is -2.45. The van der Waals surface area contributed by atoms with Gasteiger partial charge in [0.15, 0.2) is 0 Å². The van der Waals surface area contributed by atoms with Gasteiger partial charge in [0, 0.05) is 35.7 Å². The van der Waals surface area contributed by atoms with Gasteiger partial charge in [-0.05, 0) is 61.7 Å². The van der Waals surface area contributed by atoms with Crippen molar-refractivity contribution in [3.05, 3.63) is 100 Å². The second-order valence-corrected chi connectivity index (χ2v) is 9.57. The molecule has 0 aliphatic carbocycles. The summed E-state index contributed by atoms with van der Waals surface area (Å²) in [6, 6.07) is 28.7. The van der Waals surface area contributed by atoms with E-state index in [0.717, 1.165) is 49.4 Å². The van der Waals surface area contributed by atoms with E-state index < -0.39 is 0 Å². The van der Waals surface area contributed by atoms with Crippen LogP contribution in [0.1, 0.15) is 29.5 Å². The van der Waals surface area contributed by atoms with Crippen LogP contribution in [0.25, 0.3) is 0 Å². The summed E-state index contributed by atoms with van der Waals surface area (Å²) in [4.78, 5) is 5.28. The van der Waals surface area contributed by atoms with Crippen LogP contribution in [0.2, 0.25) is 0 Å². The largest absolute Gasteiger partial charge is 0.496 e. The van der Waals surface area contributed by atoms with Crippen molar-refractivity contribution >= 4 is 15.9 Å². The van der Waals surface area contributed by atoms with E-state index in [0.29, 0.717) is 6.04 Å². The Morgan fingerprint density at radius 2 is 1.56 bits per heavy atom. The van der Waals surface area contributed by atoms with Gasteiger partial charge in [0.1, 0.15) is 5.75 Å². The predicted octanol–water partition coefficient (Wildman–Crippen LogP) is 6.17. The molecule has 0 aromatic heterocycles. The quantitative estimate of drug-likeness (QED) is 0.355. The molecular weight excluding hydrogens is 460 g/mol. The maximum atomic E-state index is 5.59. The fourth-order valence-electron chi connectivity index (χ4n) is 4.68. The Labute approximate surface area is 201 Å². The molecule has 4 heteroatoms.